The van der Waals surface area contributed by atoms with Crippen LogP contribution in [-0.4, -0.2) is 36.6 Å². The van der Waals surface area contributed by atoms with Gasteiger partial charge in [0.2, 0.25) is 5.91 Å². The van der Waals surface area contributed by atoms with Gasteiger partial charge in [0.05, 0.1) is 12.7 Å². The maximum absolute atomic E-state index is 13.0. The number of rotatable bonds is 7. The summed E-state index contributed by atoms with van der Waals surface area (Å²) in [6.45, 7) is 4.52. The molecule has 3 rings (SSSR count). The van der Waals surface area contributed by atoms with Gasteiger partial charge in [-0.2, -0.15) is 0 Å². The molecule has 2 atom stereocenters. The second-order valence-corrected chi connectivity index (χ2v) is 7.16. The lowest BCUT2D eigenvalue weighted by atomic mass is 9.80. The lowest BCUT2D eigenvalue weighted by Crippen LogP contribution is -2.41. The van der Waals surface area contributed by atoms with Gasteiger partial charge in [-0.15, -0.1) is 0 Å². The van der Waals surface area contributed by atoms with Crippen molar-refractivity contribution in [1.82, 2.24) is 4.90 Å². The molecule has 23 heavy (non-hydrogen) atoms. The molecule has 1 aromatic carbocycles. The smallest absolute Gasteiger partial charge is 0.225 e. The van der Waals surface area contributed by atoms with E-state index in [0.717, 1.165) is 26.1 Å². The summed E-state index contributed by atoms with van der Waals surface area (Å²) >= 11 is 0. The second-order valence-electron chi connectivity index (χ2n) is 7.16. The molecule has 0 aromatic heterocycles. The van der Waals surface area contributed by atoms with E-state index in [1.807, 2.05) is 6.07 Å². The Hall–Kier alpha value is -1.35. The van der Waals surface area contributed by atoms with Crippen LogP contribution in [0, 0.1) is 11.8 Å². The summed E-state index contributed by atoms with van der Waals surface area (Å²) in [7, 11) is 0. The van der Waals surface area contributed by atoms with Crippen LogP contribution in [0.4, 0.5) is 0 Å². The molecule has 1 amide bonds. The molecule has 2 fully saturated rings. The average molecular weight is 315 g/mol. The maximum Gasteiger partial charge on any atom is 0.225 e. The zero-order valence-corrected chi connectivity index (χ0v) is 14.2. The number of benzene rings is 1. The van der Waals surface area contributed by atoms with E-state index in [1.165, 1.54) is 37.7 Å². The molecule has 126 valence electrons. The summed E-state index contributed by atoms with van der Waals surface area (Å²) in [4.78, 5) is 15.1. The third kappa shape index (κ3) is 4.81. The fourth-order valence-corrected chi connectivity index (χ4v) is 3.74. The van der Waals surface area contributed by atoms with Gasteiger partial charge in [-0.25, -0.2) is 0 Å². The lowest BCUT2D eigenvalue weighted by molar-refractivity contribution is -0.137. The SMILES string of the molecule is CC(C(=O)N(CCc1ccccc1)CC1CO1)C1CCCCC1. The van der Waals surface area contributed by atoms with Gasteiger partial charge in [-0.1, -0.05) is 56.5 Å². The van der Waals surface area contributed by atoms with Crippen LogP contribution in [0.1, 0.15) is 44.6 Å². The Morgan fingerprint density at radius 1 is 1.22 bits per heavy atom. The number of carbonyl (C=O) groups excluding carboxylic acids is 1. The van der Waals surface area contributed by atoms with Gasteiger partial charge < -0.3 is 9.64 Å². The molecule has 3 nitrogen and oxygen atoms in total. The molecular formula is C20H29NO2. The van der Waals surface area contributed by atoms with Gasteiger partial charge in [-0.3, -0.25) is 4.79 Å². The quantitative estimate of drug-likeness (QED) is 0.719. The zero-order chi connectivity index (χ0) is 16.1. The first-order valence-electron chi connectivity index (χ1n) is 9.18. The molecule has 0 radical (unpaired) electrons. The molecule has 1 heterocycles. The molecule has 0 bridgehead atoms. The highest BCUT2D eigenvalue weighted by Gasteiger charge is 2.32. The van der Waals surface area contributed by atoms with Crippen molar-refractivity contribution in [2.45, 2.75) is 51.6 Å². The Bertz CT molecular complexity index is 492. The van der Waals surface area contributed by atoms with Crippen LogP contribution in [0.5, 0.6) is 0 Å². The Kier molecular flexibility index (Phi) is 5.71. The largest absolute Gasteiger partial charge is 0.371 e. The molecule has 3 heteroatoms. The van der Waals surface area contributed by atoms with E-state index in [2.05, 4.69) is 36.1 Å². The van der Waals surface area contributed by atoms with Crippen LogP contribution >= 0.6 is 0 Å². The van der Waals surface area contributed by atoms with Gasteiger partial charge >= 0.3 is 0 Å². The highest BCUT2D eigenvalue weighted by Crippen LogP contribution is 2.31. The van der Waals surface area contributed by atoms with Crippen LogP contribution < -0.4 is 0 Å². The number of hydrogen-bond acceptors (Lipinski definition) is 2. The maximum atomic E-state index is 13.0. The highest BCUT2D eigenvalue weighted by atomic mass is 16.6. The molecule has 1 aliphatic heterocycles. The highest BCUT2D eigenvalue weighted by molar-refractivity contribution is 5.79. The normalized spacial score (nSPS) is 22.6. The molecule has 2 unspecified atom stereocenters. The topological polar surface area (TPSA) is 32.8 Å². The fraction of sp³-hybridized carbons (Fsp3) is 0.650. The van der Waals surface area contributed by atoms with E-state index >= 15 is 0 Å². The van der Waals surface area contributed by atoms with Gasteiger partial charge in [-0.05, 0) is 30.7 Å². The first-order valence-corrected chi connectivity index (χ1v) is 9.18. The Morgan fingerprint density at radius 3 is 2.57 bits per heavy atom. The summed E-state index contributed by atoms with van der Waals surface area (Å²) in [6.07, 6.45) is 7.56. The third-order valence-corrected chi connectivity index (χ3v) is 5.40. The van der Waals surface area contributed by atoms with E-state index in [-0.39, 0.29) is 12.0 Å². The standard InChI is InChI=1S/C20H29NO2/c1-16(18-10-6-3-7-11-18)20(22)21(14-19-15-23-19)13-12-17-8-4-2-5-9-17/h2,4-5,8-9,16,18-19H,3,6-7,10-15H2,1H3. The van der Waals surface area contributed by atoms with E-state index < -0.39 is 0 Å². The van der Waals surface area contributed by atoms with Gasteiger partial charge in [0.25, 0.3) is 0 Å². The van der Waals surface area contributed by atoms with E-state index in [4.69, 9.17) is 4.74 Å². The minimum Gasteiger partial charge on any atom is -0.371 e. The van der Waals surface area contributed by atoms with Crippen molar-refractivity contribution >= 4 is 5.91 Å². The summed E-state index contributed by atoms with van der Waals surface area (Å²) < 4.78 is 5.37. The van der Waals surface area contributed by atoms with Crippen molar-refractivity contribution < 1.29 is 9.53 Å². The summed E-state index contributed by atoms with van der Waals surface area (Å²) in [5.41, 5.74) is 1.30. The first kappa shape index (κ1) is 16.5. The van der Waals surface area contributed by atoms with Crippen molar-refractivity contribution in [3.63, 3.8) is 0 Å². The van der Waals surface area contributed by atoms with Crippen LogP contribution in [0.15, 0.2) is 30.3 Å². The molecule has 1 aromatic rings. The Balaban J connectivity index is 1.58. The van der Waals surface area contributed by atoms with Crippen LogP contribution in [0.2, 0.25) is 0 Å². The van der Waals surface area contributed by atoms with Crippen molar-refractivity contribution in [2.75, 3.05) is 19.7 Å². The van der Waals surface area contributed by atoms with Crippen molar-refractivity contribution in [3.05, 3.63) is 35.9 Å². The summed E-state index contributed by atoms with van der Waals surface area (Å²) in [5.74, 6) is 1.07. The molecule has 1 saturated heterocycles. The summed E-state index contributed by atoms with van der Waals surface area (Å²) in [6, 6.07) is 10.4. The molecule has 0 N–H and O–H groups in total. The molecule has 2 aliphatic rings. The molecule has 0 spiro atoms. The zero-order valence-electron chi connectivity index (χ0n) is 14.2. The first-order chi connectivity index (χ1) is 11.2. The minimum absolute atomic E-state index is 0.157. The number of amides is 1. The summed E-state index contributed by atoms with van der Waals surface area (Å²) in [5, 5.41) is 0. The number of nitrogens with zero attached hydrogens (tertiary/aromatic N) is 1. The van der Waals surface area contributed by atoms with Crippen molar-refractivity contribution in [3.8, 4) is 0 Å². The van der Waals surface area contributed by atoms with Gasteiger partial charge in [0.1, 0.15) is 0 Å². The van der Waals surface area contributed by atoms with Crippen LogP contribution in [0.25, 0.3) is 0 Å². The lowest BCUT2D eigenvalue weighted by Gasteiger charge is -2.31. The number of hydrogen-bond donors (Lipinski definition) is 0. The monoisotopic (exact) mass is 315 g/mol. The predicted molar refractivity (Wildman–Crippen MR) is 92.2 cm³/mol. The van der Waals surface area contributed by atoms with Crippen LogP contribution in [0.3, 0.4) is 0 Å². The van der Waals surface area contributed by atoms with Crippen molar-refractivity contribution in [1.29, 1.82) is 0 Å². The number of epoxide rings is 1. The molecule has 1 saturated carbocycles. The second kappa shape index (κ2) is 7.96. The van der Waals surface area contributed by atoms with E-state index in [1.54, 1.807) is 0 Å². The minimum atomic E-state index is 0.157. The third-order valence-electron chi connectivity index (χ3n) is 5.40. The van der Waals surface area contributed by atoms with E-state index in [9.17, 15) is 4.79 Å². The van der Waals surface area contributed by atoms with Crippen LogP contribution in [-0.2, 0) is 16.0 Å². The van der Waals surface area contributed by atoms with Gasteiger partial charge in [0, 0.05) is 19.0 Å². The predicted octanol–water partition coefficient (Wildman–Crippen LogP) is 3.67. The average Bonchev–Trinajstić information content (AvgIpc) is 3.43. The number of ether oxygens (including phenoxy) is 1. The van der Waals surface area contributed by atoms with Gasteiger partial charge in [0.15, 0.2) is 0 Å². The molecule has 1 aliphatic carbocycles. The Morgan fingerprint density at radius 2 is 1.91 bits per heavy atom. The Labute approximate surface area is 140 Å². The molecular weight excluding hydrogens is 286 g/mol. The number of carbonyl (C=O) groups is 1. The van der Waals surface area contributed by atoms with Crippen molar-refractivity contribution in [2.24, 2.45) is 11.8 Å². The van der Waals surface area contributed by atoms with E-state index in [0.29, 0.717) is 11.8 Å². The fourth-order valence-electron chi connectivity index (χ4n) is 3.74.